The molecule has 1 saturated heterocycles. The average molecular weight is 796 g/mol. The number of quaternary nitrogens is 1. The lowest BCUT2D eigenvalue weighted by atomic mass is 9.47. The van der Waals surface area contributed by atoms with Gasteiger partial charge in [0.25, 0.3) is 0 Å². The van der Waals surface area contributed by atoms with E-state index in [1.807, 2.05) is 42.8 Å². The summed E-state index contributed by atoms with van der Waals surface area (Å²) in [5.41, 5.74) is 7.16. The number of hydrogen-bond donors (Lipinski definition) is 2. The zero-order valence-electron chi connectivity index (χ0n) is 36.7. The third-order valence-corrected chi connectivity index (χ3v) is 16.8. The van der Waals surface area contributed by atoms with Crippen LogP contribution in [0.5, 0.6) is 11.5 Å². The SMILES string of the molecule is CC(C)(C)c1cc(C=N[C@@H]2C[N+]([O-])(Cc3ccccc3)C[C@H]2N=Cc2cc(C(C)(C)C)cc(C34CC5CC(CC(C5)C3)C4)c2O)c(O)c(C23CC4CC(CC(C4)C2)C3)c1. The van der Waals surface area contributed by atoms with Crippen molar-refractivity contribution in [3.05, 3.63) is 98.7 Å². The first-order valence-electron chi connectivity index (χ1n) is 23.4. The molecular formula is C53H69N3O3. The Bertz CT molecular complexity index is 1950. The Hall–Kier alpha value is -3.48. The molecule has 8 saturated carbocycles. The van der Waals surface area contributed by atoms with Gasteiger partial charge in [-0.1, -0.05) is 84.0 Å². The molecule has 59 heavy (non-hydrogen) atoms. The van der Waals surface area contributed by atoms with Gasteiger partial charge in [-0.3, -0.25) is 9.98 Å². The first-order valence-corrected chi connectivity index (χ1v) is 23.4. The lowest BCUT2D eigenvalue weighted by molar-refractivity contribution is -0.882. The first kappa shape index (κ1) is 39.6. The first-order chi connectivity index (χ1) is 27.9. The number of likely N-dealkylation sites (tertiary alicyclic amines) is 1. The largest absolute Gasteiger partial charge is 0.632 e. The zero-order chi connectivity index (χ0) is 41.1. The fraction of sp³-hybridized carbons (Fsp3) is 0.623. The minimum absolute atomic E-state index is 0.0399. The predicted molar refractivity (Wildman–Crippen MR) is 240 cm³/mol. The van der Waals surface area contributed by atoms with Crippen molar-refractivity contribution in [2.45, 2.75) is 159 Å². The van der Waals surface area contributed by atoms with Gasteiger partial charge in [0.05, 0.1) is 0 Å². The number of hydrogen-bond acceptors (Lipinski definition) is 5. The van der Waals surface area contributed by atoms with Gasteiger partial charge in [-0.15, -0.1) is 0 Å². The summed E-state index contributed by atoms with van der Waals surface area (Å²) in [7, 11) is 0. The summed E-state index contributed by atoms with van der Waals surface area (Å²) in [5.74, 6) is 5.40. The molecule has 0 spiro atoms. The fourth-order valence-electron chi connectivity index (χ4n) is 14.8. The Balaban J connectivity index is 1.01. The van der Waals surface area contributed by atoms with Crippen LogP contribution in [-0.2, 0) is 28.2 Å². The van der Waals surface area contributed by atoms with Gasteiger partial charge in [0.15, 0.2) is 0 Å². The monoisotopic (exact) mass is 796 g/mol. The Morgan fingerprint density at radius 2 is 0.949 bits per heavy atom. The molecule has 0 radical (unpaired) electrons. The average Bonchev–Trinajstić information content (AvgIpc) is 3.46. The summed E-state index contributed by atoms with van der Waals surface area (Å²) in [6.07, 6.45) is 19.0. The van der Waals surface area contributed by atoms with Gasteiger partial charge in [0.2, 0.25) is 0 Å². The fourth-order valence-corrected chi connectivity index (χ4v) is 14.8. The van der Waals surface area contributed by atoms with E-state index >= 15 is 0 Å². The Labute approximate surface area is 353 Å². The number of nitrogens with zero attached hydrogens (tertiary/aromatic N) is 3. The molecule has 0 amide bonds. The van der Waals surface area contributed by atoms with Crippen molar-refractivity contribution in [3.8, 4) is 11.5 Å². The molecule has 6 heteroatoms. The van der Waals surface area contributed by atoms with Crippen LogP contribution in [0.15, 0.2) is 64.6 Å². The van der Waals surface area contributed by atoms with Crippen molar-refractivity contribution in [1.82, 2.24) is 0 Å². The molecule has 2 atom stereocenters. The van der Waals surface area contributed by atoms with E-state index < -0.39 is 4.65 Å². The number of phenols is 2. The van der Waals surface area contributed by atoms with Crippen LogP contribution in [-0.4, -0.2) is 52.5 Å². The van der Waals surface area contributed by atoms with E-state index in [-0.39, 0.29) is 33.7 Å². The molecule has 12 rings (SSSR count). The third kappa shape index (κ3) is 7.30. The van der Waals surface area contributed by atoms with E-state index in [2.05, 4.69) is 65.8 Å². The molecule has 6 nitrogen and oxygen atoms in total. The second-order valence-corrected chi connectivity index (χ2v) is 23.6. The van der Waals surface area contributed by atoms with Crippen LogP contribution in [0.3, 0.4) is 0 Å². The van der Waals surface area contributed by atoms with Crippen molar-refractivity contribution >= 4 is 12.4 Å². The molecule has 8 aliphatic carbocycles. The summed E-state index contributed by atoms with van der Waals surface area (Å²) in [6.45, 7) is 14.5. The number of benzene rings is 3. The Kier molecular flexibility index (Phi) is 9.42. The van der Waals surface area contributed by atoms with E-state index in [4.69, 9.17) is 9.98 Å². The van der Waals surface area contributed by atoms with Gasteiger partial charge >= 0.3 is 0 Å². The van der Waals surface area contributed by atoms with Gasteiger partial charge in [0, 0.05) is 40.2 Å². The molecular weight excluding hydrogens is 727 g/mol. The maximum absolute atomic E-state index is 14.7. The molecule has 0 unspecified atom stereocenters. The third-order valence-electron chi connectivity index (χ3n) is 16.8. The highest BCUT2D eigenvalue weighted by Crippen LogP contribution is 2.63. The number of hydroxylamine groups is 3. The molecule has 2 N–H and O–H groups in total. The van der Waals surface area contributed by atoms with E-state index in [1.54, 1.807) is 0 Å². The summed E-state index contributed by atoms with van der Waals surface area (Å²) >= 11 is 0. The van der Waals surface area contributed by atoms with E-state index in [9.17, 15) is 15.4 Å². The van der Waals surface area contributed by atoms with E-state index in [0.717, 1.165) is 63.3 Å². The van der Waals surface area contributed by atoms with Crippen molar-refractivity contribution in [1.29, 1.82) is 0 Å². The molecule has 314 valence electrons. The smallest absolute Gasteiger partial charge is 0.128 e. The maximum Gasteiger partial charge on any atom is 0.128 e. The van der Waals surface area contributed by atoms with Crippen LogP contribution in [0.4, 0.5) is 0 Å². The lowest BCUT2D eigenvalue weighted by Crippen LogP contribution is -2.48. The molecule has 3 aromatic carbocycles. The van der Waals surface area contributed by atoms with Crippen LogP contribution in [0.1, 0.15) is 158 Å². The molecule has 9 fully saturated rings. The second-order valence-electron chi connectivity index (χ2n) is 23.6. The molecule has 9 aliphatic rings. The standard InChI is InChI=1S/C53H69N3O3/c1-50(2,3)42-18-40(48(57)44(20-42)52-22-34-12-35(23-52)14-36(13-34)24-52)28-54-46-31-56(59,30-33-10-8-7-9-11-33)32-47(46)55-29-41-19-43(51(4,5)6)21-45(49(41)58)53-25-37-15-38(26-53)17-39(16-37)27-53/h7-11,18-21,28-29,34-39,46-47,57-58H,12-17,22-27,30-32H2,1-6H3/t34?,35?,36?,37?,38?,39?,46-,47-,52?,53?,56?/m1/s1. The van der Waals surface area contributed by atoms with Crippen LogP contribution >= 0.6 is 0 Å². The van der Waals surface area contributed by atoms with Crippen molar-refractivity contribution in [2.75, 3.05) is 13.1 Å². The second kappa shape index (κ2) is 14.0. The molecule has 3 aromatic rings. The van der Waals surface area contributed by atoms with Crippen LogP contribution in [0.25, 0.3) is 0 Å². The summed E-state index contributed by atoms with van der Waals surface area (Å²) in [6, 6.07) is 18.3. The molecule has 1 heterocycles. The Morgan fingerprint density at radius 1 is 0.593 bits per heavy atom. The summed E-state index contributed by atoms with van der Waals surface area (Å²) in [4.78, 5) is 10.5. The highest BCUT2D eigenvalue weighted by atomic mass is 16.5. The number of rotatable bonds is 8. The van der Waals surface area contributed by atoms with E-state index in [1.165, 1.54) is 88.2 Å². The normalized spacial score (nSPS) is 37.4. The Morgan fingerprint density at radius 3 is 1.29 bits per heavy atom. The number of phenolic OH excluding ortho intramolecular Hbond substituents is 2. The molecule has 0 aromatic heterocycles. The minimum Gasteiger partial charge on any atom is -0.632 e. The van der Waals surface area contributed by atoms with Gasteiger partial charge in [-0.05, 0) is 157 Å². The van der Waals surface area contributed by atoms with Crippen molar-refractivity contribution in [3.63, 3.8) is 0 Å². The van der Waals surface area contributed by atoms with Gasteiger partial charge < -0.3 is 20.1 Å². The predicted octanol–water partition coefficient (Wildman–Crippen LogP) is 11.4. The number of aliphatic imine (C=N–C) groups is 2. The molecule has 8 bridgehead atoms. The maximum atomic E-state index is 14.7. The minimum atomic E-state index is -0.410. The lowest BCUT2D eigenvalue weighted by Gasteiger charge is -2.57. The highest BCUT2D eigenvalue weighted by Gasteiger charge is 2.54. The topological polar surface area (TPSA) is 88.2 Å². The quantitative estimate of drug-likeness (QED) is 0.135. The van der Waals surface area contributed by atoms with Crippen molar-refractivity contribution < 1.29 is 14.9 Å². The van der Waals surface area contributed by atoms with E-state index in [0.29, 0.717) is 31.1 Å². The molecule has 1 aliphatic heterocycles. The van der Waals surface area contributed by atoms with Crippen molar-refractivity contribution in [2.24, 2.45) is 45.5 Å². The summed E-state index contributed by atoms with van der Waals surface area (Å²) < 4.78 is -0.410. The van der Waals surface area contributed by atoms with Crippen LogP contribution < -0.4 is 0 Å². The summed E-state index contributed by atoms with van der Waals surface area (Å²) in [5, 5.41) is 39.2. The zero-order valence-corrected chi connectivity index (χ0v) is 36.7. The highest BCUT2D eigenvalue weighted by molar-refractivity contribution is 5.86. The van der Waals surface area contributed by atoms with Crippen LogP contribution in [0, 0.1) is 40.7 Å². The van der Waals surface area contributed by atoms with Gasteiger partial charge in [-0.25, -0.2) is 0 Å². The number of aromatic hydroxyl groups is 2. The van der Waals surface area contributed by atoms with Crippen LogP contribution in [0.2, 0.25) is 0 Å². The van der Waals surface area contributed by atoms with Gasteiger partial charge in [-0.2, -0.15) is 0 Å². The van der Waals surface area contributed by atoms with Gasteiger partial charge in [0.1, 0.15) is 43.2 Å².